The summed E-state index contributed by atoms with van der Waals surface area (Å²) in [6.45, 7) is 3.40. The van der Waals surface area contributed by atoms with E-state index in [1.807, 2.05) is 0 Å². The van der Waals surface area contributed by atoms with E-state index in [4.69, 9.17) is 0 Å². The lowest BCUT2D eigenvalue weighted by Gasteiger charge is -2.14. The van der Waals surface area contributed by atoms with Crippen LogP contribution in [0.5, 0.6) is 0 Å². The van der Waals surface area contributed by atoms with Gasteiger partial charge in [-0.05, 0) is 37.6 Å². The Balaban J connectivity index is 2.42. The van der Waals surface area contributed by atoms with Gasteiger partial charge in [0.25, 0.3) is 5.91 Å². The van der Waals surface area contributed by atoms with Gasteiger partial charge < -0.3 is 5.32 Å². The molecule has 1 heterocycles. The zero-order valence-electron chi connectivity index (χ0n) is 12.4. The van der Waals surface area contributed by atoms with Crippen LogP contribution in [-0.4, -0.2) is 5.91 Å². The van der Waals surface area contributed by atoms with Crippen LogP contribution in [0.3, 0.4) is 0 Å². The first-order valence-corrected chi connectivity index (χ1v) is 7.43. The number of nitrogens with one attached hydrogen (secondary N) is 1. The lowest BCUT2D eigenvalue weighted by atomic mass is 10.1. The van der Waals surface area contributed by atoms with Gasteiger partial charge in [0, 0.05) is 15.9 Å². The molecular formula is C15H11F6NOS. The summed E-state index contributed by atoms with van der Waals surface area (Å²) in [5, 5.41) is 3.60. The highest BCUT2D eigenvalue weighted by Crippen LogP contribution is 2.37. The van der Waals surface area contributed by atoms with Crippen LogP contribution in [0.4, 0.5) is 32.0 Å². The third-order valence-corrected chi connectivity index (χ3v) is 4.39. The van der Waals surface area contributed by atoms with Gasteiger partial charge >= 0.3 is 12.4 Å². The molecule has 2 nitrogen and oxygen atoms in total. The smallest absolute Gasteiger partial charge is 0.322 e. The van der Waals surface area contributed by atoms with Crippen LogP contribution >= 0.6 is 11.3 Å². The molecule has 0 unspecified atom stereocenters. The standard InChI is InChI=1S/C15H11F6NOS/c1-7-8(2)24-6-12(7)13(23)22-11-4-9(14(16,17)18)3-10(5-11)15(19,20)21/h3-6H,1-2H3,(H,22,23). The minimum absolute atomic E-state index is 0.00957. The number of hydrogen-bond donors (Lipinski definition) is 1. The first kappa shape index (κ1) is 18.3. The minimum atomic E-state index is -4.96. The average molecular weight is 367 g/mol. The van der Waals surface area contributed by atoms with Gasteiger partial charge in [-0.1, -0.05) is 0 Å². The normalized spacial score (nSPS) is 12.3. The van der Waals surface area contributed by atoms with Crippen LogP contribution in [-0.2, 0) is 12.4 Å². The number of rotatable bonds is 2. The molecule has 1 aromatic heterocycles. The summed E-state index contributed by atoms with van der Waals surface area (Å²) in [6, 6.07) is 0.957. The average Bonchev–Trinajstić information content (AvgIpc) is 2.77. The number of carbonyl (C=O) groups is 1. The Morgan fingerprint density at radius 1 is 0.958 bits per heavy atom. The number of hydrogen-bond acceptors (Lipinski definition) is 2. The van der Waals surface area contributed by atoms with Crippen molar-refractivity contribution < 1.29 is 31.1 Å². The monoisotopic (exact) mass is 367 g/mol. The van der Waals surface area contributed by atoms with E-state index >= 15 is 0 Å². The van der Waals surface area contributed by atoms with Crippen molar-refractivity contribution in [2.45, 2.75) is 26.2 Å². The van der Waals surface area contributed by atoms with Crippen LogP contribution in [0, 0.1) is 13.8 Å². The number of carbonyl (C=O) groups excluding carboxylic acids is 1. The van der Waals surface area contributed by atoms with Gasteiger partial charge in [-0.3, -0.25) is 4.79 Å². The Hall–Kier alpha value is -2.03. The highest BCUT2D eigenvalue weighted by molar-refractivity contribution is 7.10. The van der Waals surface area contributed by atoms with Crippen molar-refractivity contribution in [2.24, 2.45) is 0 Å². The maximum absolute atomic E-state index is 12.8. The second-order valence-electron chi connectivity index (χ2n) is 5.08. The Morgan fingerprint density at radius 3 is 1.83 bits per heavy atom. The van der Waals surface area contributed by atoms with E-state index in [1.165, 1.54) is 16.7 Å². The van der Waals surface area contributed by atoms with E-state index in [1.54, 1.807) is 13.8 Å². The molecule has 0 saturated heterocycles. The lowest BCUT2D eigenvalue weighted by molar-refractivity contribution is -0.143. The molecule has 2 aromatic rings. The largest absolute Gasteiger partial charge is 0.416 e. The molecule has 0 spiro atoms. The summed E-state index contributed by atoms with van der Waals surface area (Å²) in [4.78, 5) is 12.9. The Bertz CT molecular complexity index is 743. The summed E-state index contributed by atoms with van der Waals surface area (Å²) in [5.41, 5.74) is -2.69. The molecule has 0 radical (unpaired) electrons. The molecule has 0 aliphatic carbocycles. The quantitative estimate of drug-likeness (QED) is 0.683. The number of alkyl halides is 6. The van der Waals surface area contributed by atoms with Crippen molar-refractivity contribution in [1.29, 1.82) is 0 Å². The Morgan fingerprint density at radius 2 is 1.46 bits per heavy atom. The Labute approximate surface area is 137 Å². The first-order chi connectivity index (χ1) is 10.9. The van der Waals surface area contributed by atoms with Crippen LogP contribution < -0.4 is 5.32 Å². The number of halogens is 6. The lowest BCUT2D eigenvalue weighted by Crippen LogP contribution is -2.16. The molecule has 130 valence electrons. The summed E-state index contributed by atoms with van der Waals surface area (Å²) in [6.07, 6.45) is -9.93. The van der Waals surface area contributed by atoms with Crippen molar-refractivity contribution in [3.05, 3.63) is 50.7 Å². The molecule has 0 aliphatic heterocycles. The number of aryl methyl sites for hydroxylation is 1. The zero-order chi connectivity index (χ0) is 18.3. The van der Waals surface area contributed by atoms with Gasteiger partial charge in [-0.25, -0.2) is 0 Å². The molecule has 0 saturated carbocycles. The first-order valence-electron chi connectivity index (χ1n) is 6.55. The molecule has 9 heteroatoms. The molecular weight excluding hydrogens is 356 g/mol. The summed E-state index contributed by atoms with van der Waals surface area (Å²) in [5.74, 6) is -0.760. The van der Waals surface area contributed by atoms with E-state index in [-0.39, 0.29) is 11.6 Å². The van der Waals surface area contributed by atoms with Gasteiger partial charge in [0.15, 0.2) is 0 Å². The van der Waals surface area contributed by atoms with Gasteiger partial charge in [0.1, 0.15) is 0 Å². The van der Waals surface area contributed by atoms with Gasteiger partial charge in [0.2, 0.25) is 0 Å². The molecule has 1 aromatic carbocycles. The van der Waals surface area contributed by atoms with Gasteiger partial charge in [-0.15, -0.1) is 11.3 Å². The highest BCUT2D eigenvalue weighted by Gasteiger charge is 2.37. The highest BCUT2D eigenvalue weighted by atomic mass is 32.1. The molecule has 0 bridgehead atoms. The van der Waals surface area contributed by atoms with Crippen molar-refractivity contribution in [1.82, 2.24) is 0 Å². The number of benzene rings is 1. The molecule has 0 fully saturated rings. The van der Waals surface area contributed by atoms with Crippen LogP contribution in [0.15, 0.2) is 23.6 Å². The van der Waals surface area contributed by atoms with Crippen molar-refractivity contribution in [2.75, 3.05) is 5.32 Å². The van der Waals surface area contributed by atoms with E-state index < -0.39 is 35.1 Å². The van der Waals surface area contributed by atoms with Crippen LogP contribution in [0.1, 0.15) is 31.9 Å². The summed E-state index contributed by atoms with van der Waals surface area (Å²) in [7, 11) is 0. The summed E-state index contributed by atoms with van der Waals surface area (Å²) < 4.78 is 76.7. The third kappa shape index (κ3) is 3.89. The second-order valence-corrected chi connectivity index (χ2v) is 6.16. The zero-order valence-corrected chi connectivity index (χ0v) is 13.2. The van der Waals surface area contributed by atoms with Crippen molar-refractivity contribution in [3.63, 3.8) is 0 Å². The SMILES string of the molecule is Cc1scc(C(=O)Nc2cc(C(F)(F)F)cc(C(F)(F)F)c2)c1C. The molecule has 2 rings (SSSR count). The van der Waals surface area contributed by atoms with Crippen LogP contribution in [0.25, 0.3) is 0 Å². The van der Waals surface area contributed by atoms with E-state index in [0.717, 1.165) is 4.88 Å². The molecule has 0 aliphatic rings. The van der Waals surface area contributed by atoms with Crippen molar-refractivity contribution in [3.8, 4) is 0 Å². The van der Waals surface area contributed by atoms with Crippen LogP contribution in [0.2, 0.25) is 0 Å². The molecule has 0 atom stereocenters. The molecule has 1 N–H and O–H groups in total. The van der Waals surface area contributed by atoms with E-state index in [9.17, 15) is 31.1 Å². The van der Waals surface area contributed by atoms with Gasteiger partial charge in [-0.2, -0.15) is 26.3 Å². The fraction of sp³-hybridized carbons (Fsp3) is 0.267. The minimum Gasteiger partial charge on any atom is -0.322 e. The second kappa shape index (κ2) is 6.12. The topological polar surface area (TPSA) is 29.1 Å². The predicted molar refractivity (Wildman–Crippen MR) is 78.2 cm³/mol. The van der Waals surface area contributed by atoms with E-state index in [0.29, 0.717) is 17.7 Å². The van der Waals surface area contributed by atoms with Gasteiger partial charge in [0.05, 0.1) is 16.7 Å². The maximum Gasteiger partial charge on any atom is 0.416 e. The summed E-state index contributed by atoms with van der Waals surface area (Å²) >= 11 is 1.26. The Kier molecular flexibility index (Phi) is 4.67. The third-order valence-electron chi connectivity index (χ3n) is 3.38. The fourth-order valence-corrected chi connectivity index (χ4v) is 2.83. The number of anilines is 1. The molecule has 1 amide bonds. The predicted octanol–water partition coefficient (Wildman–Crippen LogP) is 5.65. The number of amides is 1. The fourth-order valence-electron chi connectivity index (χ4n) is 1.96. The van der Waals surface area contributed by atoms with E-state index in [2.05, 4.69) is 5.32 Å². The molecule has 24 heavy (non-hydrogen) atoms. The number of thiophene rings is 1. The maximum atomic E-state index is 12.8. The van der Waals surface area contributed by atoms with Crippen molar-refractivity contribution >= 4 is 22.9 Å².